The van der Waals surface area contributed by atoms with Crippen LogP contribution in [0.3, 0.4) is 0 Å². The van der Waals surface area contributed by atoms with Crippen LogP contribution in [0.15, 0.2) is 29.2 Å². The van der Waals surface area contributed by atoms with Crippen molar-refractivity contribution in [3.05, 3.63) is 34.7 Å². The minimum Gasteiger partial charge on any atom is -0.491 e. The average Bonchev–Trinajstić information content (AvgIpc) is 2.77. The van der Waals surface area contributed by atoms with Crippen LogP contribution in [0, 0.1) is 0 Å². The highest BCUT2D eigenvalue weighted by Crippen LogP contribution is 2.32. The van der Waals surface area contributed by atoms with E-state index in [0.717, 1.165) is 35.9 Å². The fourth-order valence-electron chi connectivity index (χ4n) is 2.03. The van der Waals surface area contributed by atoms with E-state index in [9.17, 15) is 9.59 Å². The minimum atomic E-state index is -0.197. The summed E-state index contributed by atoms with van der Waals surface area (Å²) in [5.41, 5.74) is 0.888. The van der Waals surface area contributed by atoms with Gasteiger partial charge in [-0.05, 0) is 55.3 Å². The quantitative estimate of drug-likeness (QED) is 0.733. The first kappa shape index (κ1) is 16.6. The Hall–Kier alpha value is -1.75. The van der Waals surface area contributed by atoms with Crippen LogP contribution >= 0.6 is 11.8 Å². The zero-order chi connectivity index (χ0) is 16.1. The van der Waals surface area contributed by atoms with Crippen LogP contribution in [0.1, 0.15) is 39.2 Å². The smallest absolute Gasteiger partial charge is 0.293 e. The van der Waals surface area contributed by atoms with Crippen molar-refractivity contribution in [2.45, 2.75) is 39.7 Å². The van der Waals surface area contributed by atoms with Gasteiger partial charge in [0, 0.05) is 6.54 Å². The summed E-state index contributed by atoms with van der Waals surface area (Å²) in [7, 11) is 0. The molecule has 0 unspecified atom stereocenters. The molecule has 2 amide bonds. The second kappa shape index (κ2) is 7.49. The van der Waals surface area contributed by atoms with Gasteiger partial charge in [0.15, 0.2) is 0 Å². The molecular formula is C17H21NO3S. The van der Waals surface area contributed by atoms with Gasteiger partial charge in [-0.25, -0.2) is 0 Å². The van der Waals surface area contributed by atoms with Crippen LogP contribution in [0.2, 0.25) is 0 Å². The lowest BCUT2D eigenvalue weighted by atomic mass is 10.2. The van der Waals surface area contributed by atoms with E-state index < -0.39 is 0 Å². The molecule has 4 nitrogen and oxygen atoms in total. The summed E-state index contributed by atoms with van der Waals surface area (Å²) >= 11 is 1.00. The van der Waals surface area contributed by atoms with E-state index in [0.29, 0.717) is 11.4 Å². The number of carbonyl (C=O) groups excluding carboxylic acids is 2. The second-order valence-electron chi connectivity index (χ2n) is 5.24. The SMILES string of the molecule is CCCN1C(=O)S/C(=C/c2ccc(O[C@H](C)CC)cc2)C1=O. The van der Waals surface area contributed by atoms with Gasteiger partial charge in [0.2, 0.25) is 0 Å². The predicted molar refractivity (Wildman–Crippen MR) is 89.8 cm³/mol. The highest BCUT2D eigenvalue weighted by atomic mass is 32.2. The van der Waals surface area contributed by atoms with Gasteiger partial charge in [-0.2, -0.15) is 0 Å². The lowest BCUT2D eigenvalue weighted by molar-refractivity contribution is -0.122. The summed E-state index contributed by atoms with van der Waals surface area (Å²) in [6.07, 6.45) is 3.66. The Balaban J connectivity index is 2.10. The zero-order valence-electron chi connectivity index (χ0n) is 13.2. The summed E-state index contributed by atoms with van der Waals surface area (Å²) < 4.78 is 5.72. The molecule has 0 bridgehead atoms. The second-order valence-corrected chi connectivity index (χ2v) is 6.23. The molecule has 0 radical (unpaired) electrons. The third-order valence-corrected chi connectivity index (χ3v) is 4.32. The Morgan fingerprint density at radius 3 is 2.50 bits per heavy atom. The van der Waals surface area contributed by atoms with Gasteiger partial charge in [-0.1, -0.05) is 26.0 Å². The van der Waals surface area contributed by atoms with Gasteiger partial charge in [0.05, 0.1) is 11.0 Å². The topological polar surface area (TPSA) is 46.6 Å². The number of rotatable bonds is 6. The molecule has 0 saturated carbocycles. The number of thioether (sulfide) groups is 1. The highest BCUT2D eigenvalue weighted by Gasteiger charge is 2.34. The van der Waals surface area contributed by atoms with Crippen molar-refractivity contribution in [3.63, 3.8) is 0 Å². The van der Waals surface area contributed by atoms with Crippen molar-refractivity contribution in [1.29, 1.82) is 0 Å². The predicted octanol–water partition coefficient (Wildman–Crippen LogP) is 4.31. The standard InChI is InChI=1S/C17H21NO3S/c1-4-10-18-16(19)15(22-17(18)20)11-13-6-8-14(9-7-13)21-12(3)5-2/h6-9,11-12H,4-5,10H2,1-3H3/b15-11+/t12-/m1/s1. The molecule has 1 saturated heterocycles. The first-order valence-electron chi connectivity index (χ1n) is 7.57. The molecule has 1 aromatic carbocycles. The van der Waals surface area contributed by atoms with Crippen LogP contribution in [-0.4, -0.2) is 28.7 Å². The van der Waals surface area contributed by atoms with Crippen molar-refractivity contribution in [1.82, 2.24) is 4.90 Å². The van der Waals surface area contributed by atoms with Crippen LogP contribution < -0.4 is 4.74 Å². The number of carbonyl (C=O) groups is 2. The van der Waals surface area contributed by atoms with Crippen molar-refractivity contribution in [3.8, 4) is 5.75 Å². The molecule has 22 heavy (non-hydrogen) atoms. The molecule has 1 aromatic rings. The van der Waals surface area contributed by atoms with E-state index in [2.05, 4.69) is 6.92 Å². The Labute approximate surface area is 135 Å². The van der Waals surface area contributed by atoms with E-state index in [1.807, 2.05) is 38.1 Å². The molecule has 2 rings (SSSR count). The van der Waals surface area contributed by atoms with Crippen molar-refractivity contribution < 1.29 is 14.3 Å². The number of hydrogen-bond acceptors (Lipinski definition) is 4. The minimum absolute atomic E-state index is 0.177. The van der Waals surface area contributed by atoms with E-state index in [-0.39, 0.29) is 17.3 Å². The first-order valence-corrected chi connectivity index (χ1v) is 8.38. The van der Waals surface area contributed by atoms with Crippen molar-refractivity contribution in [2.24, 2.45) is 0 Å². The van der Waals surface area contributed by atoms with Gasteiger partial charge < -0.3 is 4.74 Å². The molecule has 118 valence electrons. The maximum absolute atomic E-state index is 12.2. The Kier molecular flexibility index (Phi) is 5.66. The van der Waals surface area contributed by atoms with Gasteiger partial charge in [-0.3, -0.25) is 14.5 Å². The van der Waals surface area contributed by atoms with E-state index >= 15 is 0 Å². The molecule has 0 aromatic heterocycles. The highest BCUT2D eigenvalue weighted by molar-refractivity contribution is 8.18. The summed E-state index contributed by atoms with van der Waals surface area (Å²) in [6, 6.07) is 7.56. The molecule has 1 aliphatic rings. The lowest BCUT2D eigenvalue weighted by Gasteiger charge is -2.12. The molecule has 0 aliphatic carbocycles. The number of hydrogen-bond donors (Lipinski definition) is 0. The molecule has 0 spiro atoms. The number of amides is 2. The molecule has 0 N–H and O–H groups in total. The number of ether oxygens (including phenoxy) is 1. The molecule has 1 aliphatic heterocycles. The Bertz CT molecular complexity index is 580. The van der Waals surface area contributed by atoms with Crippen molar-refractivity contribution >= 4 is 29.0 Å². The largest absolute Gasteiger partial charge is 0.491 e. The fourth-order valence-corrected chi connectivity index (χ4v) is 2.89. The molecule has 1 atom stereocenters. The molecule has 5 heteroatoms. The maximum atomic E-state index is 12.2. The first-order chi connectivity index (χ1) is 10.5. The maximum Gasteiger partial charge on any atom is 0.293 e. The number of nitrogens with zero attached hydrogens (tertiary/aromatic N) is 1. The van der Waals surface area contributed by atoms with E-state index in [4.69, 9.17) is 4.74 Å². The van der Waals surface area contributed by atoms with Crippen LogP contribution in [-0.2, 0) is 4.79 Å². The third-order valence-electron chi connectivity index (χ3n) is 3.41. The van der Waals surface area contributed by atoms with E-state index in [1.165, 1.54) is 4.90 Å². The molecule has 1 fully saturated rings. The average molecular weight is 319 g/mol. The molecule has 1 heterocycles. The van der Waals surface area contributed by atoms with Gasteiger partial charge in [-0.15, -0.1) is 0 Å². The summed E-state index contributed by atoms with van der Waals surface area (Å²) in [6.45, 7) is 6.52. The Morgan fingerprint density at radius 2 is 1.91 bits per heavy atom. The number of imide groups is 1. The normalized spacial score (nSPS) is 18.1. The Morgan fingerprint density at radius 1 is 1.23 bits per heavy atom. The summed E-state index contributed by atoms with van der Waals surface area (Å²) in [4.78, 5) is 25.7. The van der Waals surface area contributed by atoms with Crippen LogP contribution in [0.25, 0.3) is 6.08 Å². The van der Waals surface area contributed by atoms with E-state index in [1.54, 1.807) is 6.08 Å². The summed E-state index contributed by atoms with van der Waals surface area (Å²) in [5.74, 6) is 0.613. The van der Waals surface area contributed by atoms with Gasteiger partial charge in [0.1, 0.15) is 5.75 Å². The summed E-state index contributed by atoms with van der Waals surface area (Å²) in [5, 5.41) is -0.185. The van der Waals surface area contributed by atoms with Crippen molar-refractivity contribution in [2.75, 3.05) is 6.54 Å². The van der Waals surface area contributed by atoms with Gasteiger partial charge in [0.25, 0.3) is 11.1 Å². The zero-order valence-corrected chi connectivity index (χ0v) is 14.0. The van der Waals surface area contributed by atoms with Crippen LogP contribution in [0.4, 0.5) is 4.79 Å². The molecular weight excluding hydrogens is 298 g/mol. The van der Waals surface area contributed by atoms with Crippen LogP contribution in [0.5, 0.6) is 5.75 Å². The fraction of sp³-hybridized carbons (Fsp3) is 0.412. The monoisotopic (exact) mass is 319 g/mol. The lowest BCUT2D eigenvalue weighted by Crippen LogP contribution is -2.28. The van der Waals surface area contributed by atoms with Gasteiger partial charge >= 0.3 is 0 Å². The number of benzene rings is 1. The third kappa shape index (κ3) is 3.91.